The average molecular weight is 489 g/mol. The van der Waals surface area contributed by atoms with Crippen molar-refractivity contribution in [3.05, 3.63) is 41.6 Å². The van der Waals surface area contributed by atoms with Crippen LogP contribution in [0.2, 0.25) is 0 Å². The Labute approximate surface area is 202 Å². The normalized spacial score (nSPS) is 33.2. The fraction of sp³-hybridized carbons (Fsp3) is 0.615. The molecule has 0 saturated heterocycles. The molecule has 1 aromatic carbocycles. The minimum absolute atomic E-state index is 0.0295. The summed E-state index contributed by atoms with van der Waals surface area (Å²) < 4.78 is 48.1. The van der Waals surface area contributed by atoms with E-state index in [2.05, 4.69) is 15.7 Å². The highest BCUT2D eigenvalue weighted by Gasteiger charge is 2.51. The molecule has 2 heterocycles. The Morgan fingerprint density at radius 3 is 2.31 bits per heavy atom. The van der Waals surface area contributed by atoms with Gasteiger partial charge in [0.2, 0.25) is 0 Å². The van der Waals surface area contributed by atoms with Crippen LogP contribution in [0.5, 0.6) is 5.75 Å². The standard InChI is InChI=1S/C26H31F3N4O2/c1-35-19-4-2-18(3-5-19)20-9-22(26(27,28)29)33-23(31-20)10-21(32-33)24(34)30-14-25-11-15-6-16(12-25)8-17(7-15)13-25/h2-5,10,15-17,20,22,31H,6-9,11-14H2,1H3,(H,30,34)/t15?,16?,17?,20-,22+,25?/m0/s1. The van der Waals surface area contributed by atoms with Crippen LogP contribution in [-0.4, -0.2) is 35.5 Å². The predicted molar refractivity (Wildman–Crippen MR) is 124 cm³/mol. The third-order valence-electron chi connectivity index (χ3n) is 8.73. The molecule has 6 nitrogen and oxygen atoms in total. The largest absolute Gasteiger partial charge is 0.497 e. The zero-order valence-corrected chi connectivity index (χ0v) is 19.8. The van der Waals surface area contributed by atoms with E-state index in [-0.39, 0.29) is 23.3 Å². The molecule has 0 radical (unpaired) electrons. The minimum atomic E-state index is -4.49. The zero-order chi connectivity index (χ0) is 24.4. The van der Waals surface area contributed by atoms with Gasteiger partial charge in [0, 0.05) is 19.0 Å². The van der Waals surface area contributed by atoms with Gasteiger partial charge in [0.25, 0.3) is 5.91 Å². The molecule has 2 atom stereocenters. The van der Waals surface area contributed by atoms with E-state index >= 15 is 0 Å². The van der Waals surface area contributed by atoms with E-state index in [0.29, 0.717) is 12.3 Å². The van der Waals surface area contributed by atoms with Crippen LogP contribution in [0.4, 0.5) is 19.0 Å². The number of ether oxygens (including phenoxy) is 1. The summed E-state index contributed by atoms with van der Waals surface area (Å²) in [4.78, 5) is 13.0. The Hall–Kier alpha value is -2.71. The number of benzene rings is 1. The zero-order valence-electron chi connectivity index (χ0n) is 19.8. The Bertz CT molecular complexity index is 1080. The van der Waals surface area contributed by atoms with Crippen molar-refractivity contribution in [1.29, 1.82) is 0 Å². The van der Waals surface area contributed by atoms with Crippen molar-refractivity contribution in [1.82, 2.24) is 15.1 Å². The number of amides is 1. The van der Waals surface area contributed by atoms with Crippen molar-refractivity contribution in [2.45, 2.75) is 63.2 Å². The first-order chi connectivity index (χ1) is 16.7. The lowest BCUT2D eigenvalue weighted by Gasteiger charge is -2.56. The maximum atomic E-state index is 14.0. The van der Waals surface area contributed by atoms with Gasteiger partial charge in [-0.05, 0) is 79.4 Å². The fourth-order valence-corrected chi connectivity index (χ4v) is 7.60. The topological polar surface area (TPSA) is 68.2 Å². The minimum Gasteiger partial charge on any atom is -0.497 e. The lowest BCUT2D eigenvalue weighted by Crippen LogP contribution is -2.51. The lowest BCUT2D eigenvalue weighted by atomic mass is 9.49. The van der Waals surface area contributed by atoms with Gasteiger partial charge in [-0.15, -0.1) is 0 Å². The number of rotatable bonds is 5. The lowest BCUT2D eigenvalue weighted by molar-refractivity contribution is -0.173. The molecule has 7 rings (SSSR count). The molecule has 0 unspecified atom stereocenters. The maximum absolute atomic E-state index is 14.0. The van der Waals surface area contributed by atoms with Gasteiger partial charge >= 0.3 is 6.18 Å². The van der Waals surface area contributed by atoms with Crippen LogP contribution >= 0.6 is 0 Å². The van der Waals surface area contributed by atoms with Gasteiger partial charge in [-0.25, -0.2) is 4.68 Å². The van der Waals surface area contributed by atoms with Crippen LogP contribution in [0.1, 0.15) is 73.1 Å². The Balaban J connectivity index is 1.20. The van der Waals surface area contributed by atoms with Crippen molar-refractivity contribution >= 4 is 11.7 Å². The van der Waals surface area contributed by atoms with Crippen molar-refractivity contribution < 1.29 is 22.7 Å². The molecule has 1 aromatic heterocycles. The summed E-state index contributed by atoms with van der Waals surface area (Å²) >= 11 is 0. The first kappa shape index (κ1) is 22.7. The van der Waals surface area contributed by atoms with Crippen molar-refractivity contribution in [3.63, 3.8) is 0 Å². The molecule has 0 spiro atoms. The molecule has 4 fully saturated rings. The number of nitrogens with one attached hydrogen (secondary N) is 2. The molecule has 4 aliphatic carbocycles. The highest BCUT2D eigenvalue weighted by atomic mass is 19.4. The van der Waals surface area contributed by atoms with E-state index in [9.17, 15) is 18.0 Å². The molecule has 35 heavy (non-hydrogen) atoms. The molecule has 4 bridgehead atoms. The van der Waals surface area contributed by atoms with Gasteiger partial charge in [-0.2, -0.15) is 18.3 Å². The molecule has 4 saturated carbocycles. The number of halogens is 3. The fourth-order valence-electron chi connectivity index (χ4n) is 7.60. The second-order valence-electron chi connectivity index (χ2n) is 11.2. The SMILES string of the molecule is COc1ccc([C@@H]2C[C@H](C(F)(F)F)n3nc(C(=O)NCC45CC6CC(CC(C6)C4)C5)cc3N2)cc1. The van der Waals surface area contributed by atoms with Gasteiger partial charge in [0.05, 0.1) is 13.2 Å². The van der Waals surface area contributed by atoms with E-state index in [0.717, 1.165) is 47.3 Å². The summed E-state index contributed by atoms with van der Waals surface area (Å²) in [6.45, 7) is 0.585. The summed E-state index contributed by atoms with van der Waals surface area (Å²) in [7, 11) is 1.54. The van der Waals surface area contributed by atoms with E-state index in [1.165, 1.54) is 25.3 Å². The third kappa shape index (κ3) is 4.16. The van der Waals surface area contributed by atoms with E-state index in [4.69, 9.17) is 4.74 Å². The highest BCUT2D eigenvalue weighted by molar-refractivity contribution is 5.93. The Morgan fingerprint density at radius 2 is 1.74 bits per heavy atom. The number of nitrogens with zero attached hydrogens (tertiary/aromatic N) is 2. The smallest absolute Gasteiger partial charge is 0.410 e. The Morgan fingerprint density at radius 1 is 1.11 bits per heavy atom. The van der Waals surface area contributed by atoms with Crippen LogP contribution < -0.4 is 15.4 Å². The maximum Gasteiger partial charge on any atom is 0.410 e. The molecule has 9 heteroatoms. The molecule has 2 aromatic rings. The summed E-state index contributed by atoms with van der Waals surface area (Å²) in [5.41, 5.74) is 0.901. The third-order valence-corrected chi connectivity index (χ3v) is 8.73. The van der Waals surface area contributed by atoms with E-state index in [1.807, 2.05) is 0 Å². The summed E-state index contributed by atoms with van der Waals surface area (Å²) in [5, 5.41) is 10.3. The van der Waals surface area contributed by atoms with Gasteiger partial charge in [-0.3, -0.25) is 4.79 Å². The van der Waals surface area contributed by atoms with Crippen molar-refractivity contribution in [2.24, 2.45) is 23.2 Å². The molecule has 188 valence electrons. The molecule has 1 amide bonds. The first-order valence-electron chi connectivity index (χ1n) is 12.6. The second kappa shape index (κ2) is 8.17. The Kier molecular flexibility index (Phi) is 5.30. The van der Waals surface area contributed by atoms with Crippen LogP contribution in [0, 0.1) is 23.2 Å². The van der Waals surface area contributed by atoms with Crippen LogP contribution in [0.25, 0.3) is 0 Å². The van der Waals surface area contributed by atoms with Crippen LogP contribution in [-0.2, 0) is 0 Å². The molecule has 5 aliphatic rings. The van der Waals surface area contributed by atoms with E-state index < -0.39 is 24.2 Å². The molecular formula is C26H31F3N4O2. The van der Waals surface area contributed by atoms with Crippen LogP contribution in [0.3, 0.4) is 0 Å². The van der Waals surface area contributed by atoms with Gasteiger partial charge in [0.15, 0.2) is 11.7 Å². The molecular weight excluding hydrogens is 457 g/mol. The van der Waals surface area contributed by atoms with E-state index in [1.54, 1.807) is 31.4 Å². The highest BCUT2D eigenvalue weighted by Crippen LogP contribution is 2.59. The van der Waals surface area contributed by atoms with Gasteiger partial charge in [-0.1, -0.05) is 12.1 Å². The number of hydrogen-bond acceptors (Lipinski definition) is 4. The summed E-state index contributed by atoms with van der Waals surface area (Å²) in [5.74, 6) is 2.75. The number of hydrogen-bond donors (Lipinski definition) is 2. The molecule has 1 aliphatic heterocycles. The summed E-state index contributed by atoms with van der Waals surface area (Å²) in [6, 6.07) is 6.06. The first-order valence-corrected chi connectivity index (χ1v) is 12.6. The number of anilines is 1. The number of alkyl halides is 3. The number of carbonyl (C=O) groups excluding carboxylic acids is 1. The second-order valence-corrected chi connectivity index (χ2v) is 11.2. The number of carbonyl (C=O) groups is 1. The number of methoxy groups -OCH3 is 1. The predicted octanol–water partition coefficient (Wildman–Crippen LogP) is 5.50. The number of fused-ring (bicyclic) bond motifs is 1. The molecule has 2 N–H and O–H groups in total. The number of aromatic nitrogens is 2. The van der Waals surface area contributed by atoms with Crippen LogP contribution in [0.15, 0.2) is 30.3 Å². The van der Waals surface area contributed by atoms with Gasteiger partial charge in [0.1, 0.15) is 11.6 Å². The quantitative estimate of drug-likeness (QED) is 0.583. The average Bonchev–Trinajstić information content (AvgIpc) is 3.25. The van der Waals surface area contributed by atoms with Crippen molar-refractivity contribution in [3.8, 4) is 5.75 Å². The monoisotopic (exact) mass is 488 g/mol. The van der Waals surface area contributed by atoms with Gasteiger partial charge < -0.3 is 15.4 Å². The van der Waals surface area contributed by atoms with Crippen molar-refractivity contribution in [2.75, 3.05) is 19.0 Å². The summed E-state index contributed by atoms with van der Waals surface area (Å²) in [6.07, 6.45) is 2.72.